The number of hydrogen-bond donors (Lipinski definition) is 0. The molecule has 1 aliphatic rings. The lowest BCUT2D eigenvalue weighted by molar-refractivity contribution is -0.118. The van der Waals surface area contributed by atoms with Gasteiger partial charge in [0.1, 0.15) is 0 Å². The molecule has 0 saturated carbocycles. The van der Waals surface area contributed by atoms with Gasteiger partial charge in [0.15, 0.2) is 11.6 Å². The van der Waals surface area contributed by atoms with E-state index in [-0.39, 0.29) is 11.3 Å². The van der Waals surface area contributed by atoms with Gasteiger partial charge in [-0.25, -0.2) is 4.39 Å². The Morgan fingerprint density at radius 2 is 2.00 bits per heavy atom. The smallest absolute Gasteiger partial charge is 0.226 e. The Bertz CT molecular complexity index is 312. The highest BCUT2D eigenvalue weighted by atomic mass is 19.1. The Morgan fingerprint density at radius 3 is 2.50 bits per heavy atom. The Balaban J connectivity index is 3.13. The monoisotopic (exact) mass is 170 g/mol. The summed E-state index contributed by atoms with van der Waals surface area (Å²) in [6.07, 6.45) is 0.852. The standard InChI is InChI=1S/C8H7FO3/c1-4-7(9)5(10)3-6(12-2)8(4)11/h3H,1-2H3. The molecular formula is C8H7FO3. The number of methoxy groups -OCH3 is 1. The van der Waals surface area contributed by atoms with Crippen molar-refractivity contribution in [3.8, 4) is 0 Å². The molecule has 0 N–H and O–H groups in total. The van der Waals surface area contributed by atoms with Gasteiger partial charge in [0.05, 0.1) is 7.11 Å². The van der Waals surface area contributed by atoms with E-state index in [2.05, 4.69) is 4.74 Å². The number of halogens is 1. The molecule has 0 radical (unpaired) electrons. The quantitative estimate of drug-likeness (QED) is 0.549. The maximum absolute atomic E-state index is 12.7. The minimum absolute atomic E-state index is 0.112. The molecule has 64 valence electrons. The number of Topliss-reactive ketones (excluding diaryl/α,β-unsaturated/α-hetero) is 1. The highest BCUT2D eigenvalue weighted by Gasteiger charge is 2.26. The second-order valence-corrected chi connectivity index (χ2v) is 2.35. The molecule has 0 aromatic carbocycles. The van der Waals surface area contributed by atoms with Gasteiger partial charge in [-0.1, -0.05) is 0 Å². The first-order valence-electron chi connectivity index (χ1n) is 3.29. The lowest BCUT2D eigenvalue weighted by atomic mass is 10.0. The Morgan fingerprint density at radius 1 is 1.42 bits per heavy atom. The highest BCUT2D eigenvalue weighted by molar-refractivity contribution is 6.20. The summed E-state index contributed by atoms with van der Waals surface area (Å²) in [6.45, 7) is 1.25. The van der Waals surface area contributed by atoms with E-state index in [0.717, 1.165) is 6.08 Å². The summed E-state index contributed by atoms with van der Waals surface area (Å²) in [5.41, 5.74) is -0.195. The van der Waals surface area contributed by atoms with Crippen LogP contribution >= 0.6 is 0 Å². The summed E-state index contributed by atoms with van der Waals surface area (Å²) < 4.78 is 17.3. The lowest BCUT2D eigenvalue weighted by Crippen LogP contribution is -2.16. The number of ketones is 2. The molecule has 4 heteroatoms. The van der Waals surface area contributed by atoms with Crippen molar-refractivity contribution in [1.29, 1.82) is 0 Å². The van der Waals surface area contributed by atoms with Gasteiger partial charge in [-0.2, -0.15) is 0 Å². The van der Waals surface area contributed by atoms with Crippen LogP contribution < -0.4 is 0 Å². The molecule has 0 bridgehead atoms. The largest absolute Gasteiger partial charge is 0.493 e. The van der Waals surface area contributed by atoms with E-state index in [1.807, 2.05) is 0 Å². The summed E-state index contributed by atoms with van der Waals surface area (Å²) in [6, 6.07) is 0. The van der Waals surface area contributed by atoms with E-state index < -0.39 is 17.4 Å². The molecule has 0 atom stereocenters. The van der Waals surface area contributed by atoms with Crippen LogP contribution in [-0.2, 0) is 14.3 Å². The number of carbonyl (C=O) groups is 2. The highest BCUT2D eigenvalue weighted by Crippen LogP contribution is 2.19. The first-order chi connectivity index (χ1) is 5.57. The SMILES string of the molecule is COC1=CC(=O)C(F)=C(C)C1=O. The van der Waals surface area contributed by atoms with Crippen molar-refractivity contribution in [3.05, 3.63) is 23.2 Å². The van der Waals surface area contributed by atoms with Crippen molar-refractivity contribution in [1.82, 2.24) is 0 Å². The molecule has 0 aliphatic heterocycles. The van der Waals surface area contributed by atoms with E-state index in [0.29, 0.717) is 0 Å². The summed E-state index contributed by atoms with van der Waals surface area (Å²) in [7, 11) is 1.26. The minimum atomic E-state index is -0.999. The molecule has 0 spiro atoms. The molecule has 1 rings (SSSR count). The summed E-state index contributed by atoms with van der Waals surface area (Å²) in [4.78, 5) is 21.8. The normalized spacial score (nSPS) is 18.1. The third kappa shape index (κ3) is 1.15. The predicted octanol–water partition coefficient (Wildman–Crippen LogP) is 0.912. The first-order valence-corrected chi connectivity index (χ1v) is 3.29. The molecule has 1 aliphatic carbocycles. The van der Waals surface area contributed by atoms with Crippen LogP contribution in [0.4, 0.5) is 4.39 Å². The van der Waals surface area contributed by atoms with Crippen molar-refractivity contribution < 1.29 is 18.7 Å². The number of rotatable bonds is 1. The van der Waals surface area contributed by atoms with Crippen LogP contribution in [0.3, 0.4) is 0 Å². The molecule has 0 heterocycles. The summed E-state index contributed by atoms with van der Waals surface area (Å²) in [5.74, 6) is -2.50. The minimum Gasteiger partial charge on any atom is -0.493 e. The van der Waals surface area contributed by atoms with Gasteiger partial charge in [0.2, 0.25) is 11.6 Å². The number of carbonyl (C=O) groups excluding carboxylic acids is 2. The molecule has 3 nitrogen and oxygen atoms in total. The van der Waals surface area contributed by atoms with Crippen molar-refractivity contribution in [2.75, 3.05) is 7.11 Å². The Kier molecular flexibility index (Phi) is 2.08. The number of hydrogen-bond acceptors (Lipinski definition) is 3. The number of allylic oxidation sites excluding steroid dienone is 3. The van der Waals surface area contributed by atoms with Crippen LogP contribution in [0, 0.1) is 0 Å². The van der Waals surface area contributed by atoms with Crippen LogP contribution in [-0.4, -0.2) is 18.7 Å². The van der Waals surface area contributed by atoms with Crippen LogP contribution in [0.15, 0.2) is 23.2 Å². The third-order valence-electron chi connectivity index (χ3n) is 1.59. The van der Waals surface area contributed by atoms with Crippen LogP contribution in [0.5, 0.6) is 0 Å². The van der Waals surface area contributed by atoms with Gasteiger partial charge in [0.25, 0.3) is 0 Å². The summed E-state index contributed by atoms with van der Waals surface area (Å²) >= 11 is 0. The fourth-order valence-corrected chi connectivity index (χ4v) is 0.869. The van der Waals surface area contributed by atoms with Gasteiger partial charge in [-0.15, -0.1) is 0 Å². The average molecular weight is 170 g/mol. The zero-order valence-corrected chi connectivity index (χ0v) is 6.68. The maximum Gasteiger partial charge on any atom is 0.226 e. The van der Waals surface area contributed by atoms with Gasteiger partial charge >= 0.3 is 0 Å². The zero-order valence-electron chi connectivity index (χ0n) is 6.68. The fraction of sp³-hybridized carbons (Fsp3) is 0.250. The van der Waals surface area contributed by atoms with Gasteiger partial charge < -0.3 is 4.74 Å². The Labute approximate surface area is 68.5 Å². The van der Waals surface area contributed by atoms with E-state index >= 15 is 0 Å². The number of ether oxygens (including phenoxy) is 1. The summed E-state index contributed by atoms with van der Waals surface area (Å²) in [5, 5.41) is 0. The molecule has 0 aromatic heterocycles. The lowest BCUT2D eigenvalue weighted by Gasteiger charge is -2.09. The maximum atomic E-state index is 12.7. The molecule has 0 amide bonds. The van der Waals surface area contributed by atoms with Crippen LogP contribution in [0.1, 0.15) is 6.92 Å². The molecule has 0 aromatic rings. The van der Waals surface area contributed by atoms with E-state index in [1.54, 1.807) is 0 Å². The molecule has 0 unspecified atom stereocenters. The Hall–Kier alpha value is -1.45. The van der Waals surface area contributed by atoms with E-state index in [4.69, 9.17) is 0 Å². The molecule has 12 heavy (non-hydrogen) atoms. The van der Waals surface area contributed by atoms with Crippen molar-refractivity contribution >= 4 is 11.6 Å². The van der Waals surface area contributed by atoms with E-state index in [1.165, 1.54) is 14.0 Å². The topological polar surface area (TPSA) is 43.4 Å². The van der Waals surface area contributed by atoms with Gasteiger partial charge in [0, 0.05) is 11.6 Å². The van der Waals surface area contributed by atoms with E-state index in [9.17, 15) is 14.0 Å². The molecule has 0 saturated heterocycles. The van der Waals surface area contributed by atoms with Crippen molar-refractivity contribution in [3.63, 3.8) is 0 Å². The average Bonchev–Trinajstić information content (AvgIpc) is 2.08. The van der Waals surface area contributed by atoms with Crippen LogP contribution in [0.25, 0.3) is 0 Å². The molecular weight excluding hydrogens is 163 g/mol. The third-order valence-corrected chi connectivity index (χ3v) is 1.59. The molecule has 0 fully saturated rings. The zero-order chi connectivity index (χ0) is 9.30. The second-order valence-electron chi connectivity index (χ2n) is 2.35. The fourth-order valence-electron chi connectivity index (χ4n) is 0.869. The van der Waals surface area contributed by atoms with Gasteiger partial charge in [-0.05, 0) is 6.92 Å². The van der Waals surface area contributed by atoms with Crippen molar-refractivity contribution in [2.24, 2.45) is 0 Å². The first kappa shape index (κ1) is 8.64. The second kappa shape index (κ2) is 2.89. The van der Waals surface area contributed by atoms with Gasteiger partial charge in [-0.3, -0.25) is 9.59 Å². The van der Waals surface area contributed by atoms with Crippen LogP contribution in [0.2, 0.25) is 0 Å². The van der Waals surface area contributed by atoms with Crippen molar-refractivity contribution in [2.45, 2.75) is 6.92 Å². The predicted molar refractivity (Wildman–Crippen MR) is 38.9 cm³/mol.